The molecule has 10 nitrogen and oxygen atoms in total. The average Bonchev–Trinajstić information content (AvgIpc) is 3.31. The van der Waals surface area contributed by atoms with Crippen LogP contribution in [0, 0.1) is 0 Å². The van der Waals surface area contributed by atoms with Crippen LogP contribution in [0.15, 0.2) is 42.6 Å². The Balaban J connectivity index is 1.38. The zero-order chi connectivity index (χ0) is 31.0. The van der Waals surface area contributed by atoms with Crippen molar-refractivity contribution in [2.75, 3.05) is 39.5 Å². The van der Waals surface area contributed by atoms with E-state index in [4.69, 9.17) is 5.10 Å². The Hall–Kier alpha value is -2.88. The van der Waals surface area contributed by atoms with Gasteiger partial charge < -0.3 is 20.4 Å². The smallest absolute Gasteiger partial charge is 0.390 e. The number of pyridine rings is 1. The molecule has 1 saturated heterocycles. The summed E-state index contributed by atoms with van der Waals surface area (Å²) in [5, 5.41) is 29.7. The SMILES string of the molecule is CNCc1cc(-c2nn(CC(O)CN3CCC(O)(c4ccccn4)CC3)c3c2CN(S(C)(=O)=O)CC3)ccc1C(F)(F)F. The number of β-amino-alcohol motifs (C(OH)–C–C–N with tert-alkyl or cyclic N) is 1. The van der Waals surface area contributed by atoms with Crippen molar-refractivity contribution >= 4 is 10.0 Å². The van der Waals surface area contributed by atoms with Crippen molar-refractivity contribution in [2.45, 2.75) is 56.8 Å². The average molecular weight is 623 g/mol. The second-order valence-electron chi connectivity index (χ2n) is 11.4. The number of fused-ring (bicyclic) bond motifs is 1. The maximum atomic E-state index is 13.7. The first-order valence-electron chi connectivity index (χ1n) is 14.2. The maximum absolute atomic E-state index is 13.7. The fraction of sp³-hybridized carbons (Fsp3) is 0.517. The number of likely N-dealkylation sites (tertiary alicyclic amines) is 1. The number of sulfonamides is 1. The number of halogens is 3. The van der Waals surface area contributed by atoms with Gasteiger partial charge in [-0.25, -0.2) is 8.42 Å². The van der Waals surface area contributed by atoms with Crippen LogP contribution in [0.2, 0.25) is 0 Å². The van der Waals surface area contributed by atoms with E-state index in [-0.39, 0.29) is 31.7 Å². The molecule has 0 amide bonds. The monoisotopic (exact) mass is 622 g/mol. The Morgan fingerprint density at radius 2 is 1.86 bits per heavy atom. The summed E-state index contributed by atoms with van der Waals surface area (Å²) in [6.07, 6.45) is -1.26. The third kappa shape index (κ3) is 6.94. The van der Waals surface area contributed by atoms with Gasteiger partial charge in [-0.3, -0.25) is 9.67 Å². The van der Waals surface area contributed by atoms with Gasteiger partial charge in [-0.05, 0) is 49.7 Å². The molecule has 3 aromatic rings. The fourth-order valence-electron chi connectivity index (χ4n) is 6.04. The van der Waals surface area contributed by atoms with E-state index in [1.54, 1.807) is 24.0 Å². The molecule has 0 spiro atoms. The first-order valence-corrected chi connectivity index (χ1v) is 16.1. The van der Waals surface area contributed by atoms with Gasteiger partial charge in [0.05, 0.1) is 35.9 Å². The summed E-state index contributed by atoms with van der Waals surface area (Å²) in [5.74, 6) is 0. The molecular weight excluding hydrogens is 585 g/mol. The highest BCUT2D eigenvalue weighted by atomic mass is 32.2. The predicted octanol–water partition coefficient (Wildman–Crippen LogP) is 2.35. The van der Waals surface area contributed by atoms with Crippen LogP contribution >= 0.6 is 0 Å². The number of aromatic nitrogens is 3. The van der Waals surface area contributed by atoms with E-state index < -0.39 is 33.5 Å². The first kappa shape index (κ1) is 31.5. The van der Waals surface area contributed by atoms with Crippen molar-refractivity contribution in [1.82, 2.24) is 29.3 Å². The van der Waals surface area contributed by atoms with E-state index in [9.17, 15) is 31.8 Å². The summed E-state index contributed by atoms with van der Waals surface area (Å²) in [7, 11) is -1.95. The van der Waals surface area contributed by atoms with Crippen LogP contribution in [-0.2, 0) is 47.9 Å². The van der Waals surface area contributed by atoms with E-state index in [1.807, 2.05) is 12.1 Å². The number of piperidine rings is 1. The largest absolute Gasteiger partial charge is 0.416 e. The van der Waals surface area contributed by atoms with Crippen LogP contribution in [0.4, 0.5) is 13.2 Å². The Kier molecular flexibility index (Phi) is 8.99. The molecule has 1 aromatic carbocycles. The summed E-state index contributed by atoms with van der Waals surface area (Å²) in [6.45, 7) is 1.87. The predicted molar refractivity (Wildman–Crippen MR) is 154 cm³/mol. The van der Waals surface area contributed by atoms with Crippen molar-refractivity contribution in [3.8, 4) is 11.3 Å². The maximum Gasteiger partial charge on any atom is 0.416 e. The van der Waals surface area contributed by atoms with Gasteiger partial charge in [-0.2, -0.15) is 22.6 Å². The highest BCUT2D eigenvalue weighted by Crippen LogP contribution is 2.37. The molecule has 4 heterocycles. The normalized spacial score (nSPS) is 18.9. The first-order chi connectivity index (χ1) is 20.3. The quantitative estimate of drug-likeness (QED) is 0.333. The molecule has 1 atom stereocenters. The van der Waals surface area contributed by atoms with Crippen molar-refractivity contribution < 1.29 is 31.8 Å². The molecule has 0 bridgehead atoms. The molecule has 1 unspecified atom stereocenters. The lowest BCUT2D eigenvalue weighted by Crippen LogP contribution is -2.46. The lowest BCUT2D eigenvalue weighted by molar-refractivity contribution is -0.138. The Bertz CT molecular complexity index is 1540. The number of alkyl halides is 3. The van der Waals surface area contributed by atoms with Gasteiger partial charge in [-0.1, -0.05) is 12.1 Å². The second kappa shape index (κ2) is 12.3. The number of aliphatic hydroxyl groups is 2. The van der Waals surface area contributed by atoms with Crippen LogP contribution in [0.1, 0.15) is 40.9 Å². The molecule has 14 heteroatoms. The molecule has 1 fully saturated rings. The molecule has 0 radical (unpaired) electrons. The van der Waals surface area contributed by atoms with Crippen LogP contribution in [0.5, 0.6) is 0 Å². The second-order valence-corrected chi connectivity index (χ2v) is 13.4. The van der Waals surface area contributed by atoms with Gasteiger partial charge in [0.1, 0.15) is 5.60 Å². The highest BCUT2D eigenvalue weighted by Gasteiger charge is 2.37. The third-order valence-electron chi connectivity index (χ3n) is 8.30. The summed E-state index contributed by atoms with van der Waals surface area (Å²) < 4.78 is 68.7. The highest BCUT2D eigenvalue weighted by molar-refractivity contribution is 7.88. The fourth-order valence-corrected chi connectivity index (χ4v) is 6.83. The molecule has 234 valence electrons. The lowest BCUT2D eigenvalue weighted by atomic mass is 9.87. The number of rotatable bonds is 9. The van der Waals surface area contributed by atoms with E-state index in [0.29, 0.717) is 61.4 Å². The van der Waals surface area contributed by atoms with Crippen LogP contribution < -0.4 is 5.32 Å². The van der Waals surface area contributed by atoms with Crippen LogP contribution in [0.3, 0.4) is 0 Å². The Labute approximate surface area is 249 Å². The minimum absolute atomic E-state index is 0.00887. The molecule has 2 aromatic heterocycles. The van der Waals surface area contributed by atoms with Gasteiger partial charge >= 0.3 is 6.18 Å². The molecule has 0 aliphatic carbocycles. The number of hydrogen-bond acceptors (Lipinski definition) is 8. The Morgan fingerprint density at radius 1 is 1.12 bits per heavy atom. The zero-order valence-electron chi connectivity index (χ0n) is 24.2. The standard InChI is InChI=1S/C29H37F3N6O4S/c1-33-16-21-15-20(6-7-24(21)29(30,31)32)27-23-19-37(43(2,41)42)12-8-25(23)38(35-27)18-22(39)17-36-13-9-28(40,10-14-36)26-5-3-4-11-34-26/h3-7,11,15,22,33,39-40H,8-10,12-14,16-19H2,1-2H3. The number of benzene rings is 1. The molecular formula is C29H37F3N6O4S. The van der Waals surface area contributed by atoms with Crippen molar-refractivity contribution in [2.24, 2.45) is 0 Å². The zero-order valence-corrected chi connectivity index (χ0v) is 25.0. The van der Waals surface area contributed by atoms with Crippen LogP contribution in [0.25, 0.3) is 11.3 Å². The van der Waals surface area contributed by atoms with Gasteiger partial charge in [0.15, 0.2) is 0 Å². The van der Waals surface area contributed by atoms with Crippen molar-refractivity contribution in [3.63, 3.8) is 0 Å². The van der Waals surface area contributed by atoms with Gasteiger partial charge in [-0.15, -0.1) is 0 Å². The molecule has 0 saturated carbocycles. The summed E-state index contributed by atoms with van der Waals surface area (Å²) >= 11 is 0. The van der Waals surface area contributed by atoms with Gasteiger partial charge in [0.2, 0.25) is 10.0 Å². The molecule has 2 aliphatic heterocycles. The lowest BCUT2D eigenvalue weighted by Gasteiger charge is -2.38. The van der Waals surface area contributed by atoms with E-state index >= 15 is 0 Å². The van der Waals surface area contributed by atoms with E-state index in [0.717, 1.165) is 18.0 Å². The minimum atomic E-state index is -4.53. The van der Waals surface area contributed by atoms with E-state index in [1.165, 1.54) is 16.4 Å². The number of nitrogens with zero attached hydrogens (tertiary/aromatic N) is 5. The van der Waals surface area contributed by atoms with Crippen molar-refractivity contribution in [1.29, 1.82) is 0 Å². The molecule has 5 rings (SSSR count). The van der Waals surface area contributed by atoms with Gasteiger partial charge in [0.25, 0.3) is 0 Å². The molecule has 43 heavy (non-hydrogen) atoms. The number of hydrogen-bond donors (Lipinski definition) is 3. The summed E-state index contributed by atoms with van der Waals surface area (Å²) in [5.41, 5.74) is 1.16. The van der Waals surface area contributed by atoms with Gasteiger partial charge in [0, 0.05) is 68.7 Å². The minimum Gasteiger partial charge on any atom is -0.390 e. The molecule has 3 N–H and O–H groups in total. The van der Waals surface area contributed by atoms with Crippen molar-refractivity contribution in [3.05, 3.63) is 70.7 Å². The molecule has 2 aliphatic rings. The number of aliphatic hydroxyl groups excluding tert-OH is 1. The summed E-state index contributed by atoms with van der Waals surface area (Å²) in [6, 6.07) is 9.29. The van der Waals surface area contributed by atoms with E-state index in [2.05, 4.69) is 15.2 Å². The topological polar surface area (TPSA) is 124 Å². The Morgan fingerprint density at radius 3 is 2.49 bits per heavy atom. The third-order valence-corrected chi connectivity index (χ3v) is 9.55. The van der Waals surface area contributed by atoms with Crippen LogP contribution in [-0.4, -0.2) is 88.2 Å². The summed E-state index contributed by atoms with van der Waals surface area (Å²) in [4.78, 5) is 6.38. The number of nitrogens with one attached hydrogen (secondary N) is 1.